The van der Waals surface area contributed by atoms with Crippen molar-refractivity contribution in [2.75, 3.05) is 26.2 Å². The van der Waals surface area contributed by atoms with E-state index in [1.54, 1.807) is 6.20 Å². The summed E-state index contributed by atoms with van der Waals surface area (Å²) in [5.41, 5.74) is 1.03. The molecule has 2 saturated heterocycles. The number of hydrogen-bond acceptors (Lipinski definition) is 3. The van der Waals surface area contributed by atoms with E-state index < -0.39 is 18.8 Å². The van der Waals surface area contributed by atoms with E-state index in [4.69, 9.17) is 0 Å². The van der Waals surface area contributed by atoms with Crippen LogP contribution in [0.2, 0.25) is 0 Å². The zero-order valence-electron chi connectivity index (χ0n) is 12.1. The average Bonchev–Trinajstić information content (AvgIpc) is 3.09. The Morgan fingerprint density at radius 2 is 2.14 bits per heavy atom. The molecule has 122 valence electrons. The van der Waals surface area contributed by atoms with Gasteiger partial charge in [-0.25, -0.2) is 0 Å². The summed E-state index contributed by atoms with van der Waals surface area (Å²) in [6.07, 6.45) is -0.214. The van der Waals surface area contributed by atoms with Gasteiger partial charge < -0.3 is 4.90 Å². The number of nitrogens with zero attached hydrogens (tertiary/aromatic N) is 3. The summed E-state index contributed by atoms with van der Waals surface area (Å²) >= 11 is 0. The van der Waals surface area contributed by atoms with Crippen molar-refractivity contribution in [3.05, 3.63) is 18.0 Å². The van der Waals surface area contributed by atoms with E-state index in [1.807, 2.05) is 11.0 Å². The second-order valence-electron chi connectivity index (χ2n) is 6.03. The Kier molecular flexibility index (Phi) is 4.12. The molecule has 1 aromatic rings. The minimum Gasteiger partial charge on any atom is -0.332 e. The van der Waals surface area contributed by atoms with Gasteiger partial charge in [0.2, 0.25) is 5.91 Å². The molecule has 2 atom stereocenters. The van der Waals surface area contributed by atoms with Crippen molar-refractivity contribution in [1.82, 2.24) is 20.0 Å². The standard InChI is InChI=1S/C14H19F3N4O/c15-14(16,17)9-21-7-4-12(13(21)22)20-6-1-2-10(8-20)11-3-5-18-19-11/h3,5,10,12H,1-2,4,6-9H2,(H,18,19)/t10-,12-/m1/s1. The summed E-state index contributed by atoms with van der Waals surface area (Å²) in [6.45, 7) is 0.508. The number of amides is 1. The molecule has 8 heteroatoms. The second-order valence-corrected chi connectivity index (χ2v) is 6.03. The Morgan fingerprint density at radius 3 is 2.82 bits per heavy atom. The van der Waals surface area contributed by atoms with Crippen molar-refractivity contribution in [3.8, 4) is 0 Å². The number of halogens is 3. The van der Waals surface area contributed by atoms with Gasteiger partial charge in [-0.1, -0.05) is 0 Å². The summed E-state index contributed by atoms with van der Waals surface area (Å²) in [5, 5.41) is 6.89. The minimum absolute atomic E-state index is 0.189. The molecule has 1 aromatic heterocycles. The maximum absolute atomic E-state index is 12.5. The van der Waals surface area contributed by atoms with Gasteiger partial charge in [-0.05, 0) is 31.9 Å². The molecular weight excluding hydrogens is 297 g/mol. The molecule has 0 aliphatic carbocycles. The molecule has 0 saturated carbocycles. The number of rotatable bonds is 3. The summed E-state index contributed by atoms with van der Waals surface area (Å²) in [7, 11) is 0. The van der Waals surface area contributed by atoms with E-state index in [2.05, 4.69) is 10.2 Å². The molecule has 0 bridgehead atoms. The maximum atomic E-state index is 12.5. The number of aromatic nitrogens is 2. The molecule has 0 spiro atoms. The van der Waals surface area contributed by atoms with E-state index in [0.717, 1.165) is 30.0 Å². The van der Waals surface area contributed by atoms with Crippen LogP contribution in [-0.2, 0) is 4.79 Å². The molecule has 3 heterocycles. The second kappa shape index (κ2) is 5.91. The van der Waals surface area contributed by atoms with Crippen LogP contribution in [0, 0.1) is 0 Å². The van der Waals surface area contributed by atoms with Crippen LogP contribution >= 0.6 is 0 Å². The molecular formula is C14H19F3N4O. The highest BCUT2D eigenvalue weighted by molar-refractivity contribution is 5.84. The Bertz CT molecular complexity index is 517. The fraction of sp³-hybridized carbons (Fsp3) is 0.714. The third-order valence-corrected chi connectivity index (χ3v) is 4.50. The molecule has 2 aliphatic rings. The van der Waals surface area contributed by atoms with Crippen LogP contribution in [-0.4, -0.2) is 64.3 Å². The van der Waals surface area contributed by atoms with Crippen LogP contribution in [0.25, 0.3) is 0 Å². The van der Waals surface area contributed by atoms with E-state index in [1.165, 1.54) is 0 Å². The third kappa shape index (κ3) is 3.26. The maximum Gasteiger partial charge on any atom is 0.406 e. The lowest BCUT2D eigenvalue weighted by Crippen LogP contribution is -2.47. The Morgan fingerprint density at radius 1 is 1.32 bits per heavy atom. The van der Waals surface area contributed by atoms with Gasteiger partial charge >= 0.3 is 6.18 Å². The number of nitrogens with one attached hydrogen (secondary N) is 1. The number of carbonyl (C=O) groups excluding carboxylic acids is 1. The fourth-order valence-corrected chi connectivity index (χ4v) is 3.47. The van der Waals surface area contributed by atoms with E-state index in [0.29, 0.717) is 13.0 Å². The van der Waals surface area contributed by atoms with Gasteiger partial charge in [-0.3, -0.25) is 14.8 Å². The predicted octanol–water partition coefficient (Wildman–Crippen LogP) is 1.75. The third-order valence-electron chi connectivity index (χ3n) is 4.50. The quantitative estimate of drug-likeness (QED) is 0.924. The van der Waals surface area contributed by atoms with Gasteiger partial charge in [0.05, 0.1) is 6.04 Å². The average molecular weight is 316 g/mol. The smallest absolute Gasteiger partial charge is 0.332 e. The van der Waals surface area contributed by atoms with Gasteiger partial charge in [0.15, 0.2) is 0 Å². The lowest BCUT2D eigenvalue weighted by Gasteiger charge is -2.35. The number of carbonyl (C=O) groups is 1. The van der Waals surface area contributed by atoms with E-state index in [9.17, 15) is 18.0 Å². The zero-order chi connectivity index (χ0) is 15.7. The normalized spacial score (nSPS) is 27.6. The summed E-state index contributed by atoms with van der Waals surface area (Å²) in [5.74, 6) is -0.122. The van der Waals surface area contributed by atoms with Crippen molar-refractivity contribution in [2.45, 2.75) is 37.4 Å². The van der Waals surface area contributed by atoms with Gasteiger partial charge in [-0.2, -0.15) is 18.3 Å². The molecule has 3 rings (SSSR count). The number of alkyl halides is 3. The van der Waals surface area contributed by atoms with Crippen LogP contribution < -0.4 is 0 Å². The van der Waals surface area contributed by atoms with E-state index in [-0.39, 0.29) is 18.4 Å². The Hall–Kier alpha value is -1.57. The Balaban J connectivity index is 1.63. The van der Waals surface area contributed by atoms with Crippen molar-refractivity contribution in [3.63, 3.8) is 0 Å². The van der Waals surface area contributed by atoms with Crippen LogP contribution in [0.1, 0.15) is 30.9 Å². The first-order chi connectivity index (χ1) is 10.4. The summed E-state index contributed by atoms with van der Waals surface area (Å²) in [4.78, 5) is 15.2. The fourth-order valence-electron chi connectivity index (χ4n) is 3.47. The van der Waals surface area contributed by atoms with Gasteiger partial charge in [0.1, 0.15) is 6.54 Å². The van der Waals surface area contributed by atoms with Gasteiger partial charge in [0, 0.05) is 30.9 Å². The Labute approximate surface area is 126 Å². The first-order valence-electron chi connectivity index (χ1n) is 7.53. The topological polar surface area (TPSA) is 52.2 Å². The zero-order valence-corrected chi connectivity index (χ0v) is 12.1. The van der Waals surface area contributed by atoms with Gasteiger partial charge in [0.25, 0.3) is 0 Å². The molecule has 1 amide bonds. The first kappa shape index (κ1) is 15.3. The first-order valence-corrected chi connectivity index (χ1v) is 7.53. The van der Waals surface area contributed by atoms with Gasteiger partial charge in [-0.15, -0.1) is 0 Å². The van der Waals surface area contributed by atoms with E-state index >= 15 is 0 Å². The molecule has 0 radical (unpaired) electrons. The van der Waals surface area contributed by atoms with Crippen molar-refractivity contribution >= 4 is 5.91 Å². The molecule has 0 unspecified atom stereocenters. The number of hydrogen-bond donors (Lipinski definition) is 1. The number of aromatic amines is 1. The molecule has 22 heavy (non-hydrogen) atoms. The molecule has 1 N–H and O–H groups in total. The van der Waals surface area contributed by atoms with Crippen LogP contribution in [0.4, 0.5) is 13.2 Å². The van der Waals surface area contributed by atoms with Crippen molar-refractivity contribution in [1.29, 1.82) is 0 Å². The van der Waals surface area contributed by atoms with Crippen molar-refractivity contribution in [2.24, 2.45) is 0 Å². The molecule has 2 aliphatic heterocycles. The minimum atomic E-state index is -4.33. The highest BCUT2D eigenvalue weighted by atomic mass is 19.4. The lowest BCUT2D eigenvalue weighted by atomic mass is 9.93. The monoisotopic (exact) mass is 316 g/mol. The molecule has 2 fully saturated rings. The molecule has 5 nitrogen and oxygen atoms in total. The van der Waals surface area contributed by atoms with Crippen LogP contribution in [0.3, 0.4) is 0 Å². The highest BCUT2D eigenvalue weighted by Crippen LogP contribution is 2.30. The number of H-pyrrole nitrogens is 1. The number of likely N-dealkylation sites (tertiary alicyclic amines) is 2. The SMILES string of the molecule is O=C1[C@H](N2CCC[C@@H](c3ccn[nH]3)C2)CCN1CC(F)(F)F. The van der Waals surface area contributed by atoms with Crippen molar-refractivity contribution < 1.29 is 18.0 Å². The largest absolute Gasteiger partial charge is 0.406 e. The lowest BCUT2D eigenvalue weighted by molar-refractivity contribution is -0.159. The highest BCUT2D eigenvalue weighted by Gasteiger charge is 2.42. The molecule has 0 aromatic carbocycles. The van der Waals surface area contributed by atoms with Crippen LogP contribution in [0.15, 0.2) is 12.3 Å². The van der Waals surface area contributed by atoms with Crippen LogP contribution in [0.5, 0.6) is 0 Å². The summed E-state index contributed by atoms with van der Waals surface area (Å²) < 4.78 is 37.4. The predicted molar refractivity (Wildman–Crippen MR) is 73.2 cm³/mol. The summed E-state index contributed by atoms with van der Waals surface area (Å²) in [6, 6.07) is 1.51. The number of piperidine rings is 1.